The summed E-state index contributed by atoms with van der Waals surface area (Å²) in [6.07, 6.45) is 1.86. The molecule has 1 aliphatic carbocycles. The summed E-state index contributed by atoms with van der Waals surface area (Å²) in [6, 6.07) is 64.1. The molecule has 0 bridgehead atoms. The summed E-state index contributed by atoms with van der Waals surface area (Å²) in [6.45, 7) is 30.8. The van der Waals surface area contributed by atoms with Crippen molar-refractivity contribution in [1.29, 1.82) is 0 Å². The maximum atomic E-state index is 7.55. The van der Waals surface area contributed by atoms with Crippen molar-refractivity contribution in [2.75, 3.05) is 16.8 Å². The molecule has 7 heteroatoms. The number of ether oxygens (including phenoxy) is 1. The number of rotatable bonds is 4. The fourth-order valence-corrected chi connectivity index (χ4v) is 13.4. The Morgan fingerprint density at radius 1 is 0.506 bits per heavy atom. The number of aromatic nitrogens is 3. The van der Waals surface area contributed by atoms with Gasteiger partial charge in [0.05, 0.1) is 0 Å². The van der Waals surface area contributed by atoms with Gasteiger partial charge in [0.25, 0.3) is 0 Å². The summed E-state index contributed by atoms with van der Waals surface area (Å²) in [5, 5.41) is 4.52. The van der Waals surface area contributed by atoms with Gasteiger partial charge in [0.2, 0.25) is 0 Å². The smallest absolute Gasteiger partial charge is 0.135 e. The van der Waals surface area contributed by atoms with E-state index in [1.807, 2.05) is 18.3 Å². The topological polar surface area (TPSA) is 38.5 Å². The van der Waals surface area contributed by atoms with Gasteiger partial charge in [-0.1, -0.05) is 197 Å². The molecule has 2 aliphatic heterocycles. The monoisotopic (exact) mass is 1210 g/mol. The largest absolute Gasteiger partial charge is 0.507 e. The van der Waals surface area contributed by atoms with Crippen molar-refractivity contribution in [3.63, 3.8) is 0 Å². The SMILES string of the molecule is CN1[CH-]N2c3[c-]c(Oc4[c-]c5c(cc4-n4c6ccccc6c6ccccc64)c4ccccc4n5-c4ccccn4)ccc3C3(c4cccc1c42)c1c(cc(C(C)(C)C)cc1C(C)(C)C)-c1cc(C(C)(C)C)cc(C(C)(C)C)c13.[Pt]. The van der Waals surface area contributed by atoms with Crippen molar-refractivity contribution in [2.24, 2.45) is 0 Å². The molecule has 3 aliphatic rings. The number of anilines is 3. The second-order valence-electron chi connectivity index (χ2n) is 26.3. The molecule has 0 fully saturated rings. The Morgan fingerprint density at radius 3 is 1.59 bits per heavy atom. The Labute approximate surface area is 479 Å². The summed E-state index contributed by atoms with van der Waals surface area (Å²) in [5.74, 6) is 2.00. The van der Waals surface area contributed by atoms with Crippen molar-refractivity contribution in [1.82, 2.24) is 14.1 Å². The molecule has 6 nitrogen and oxygen atoms in total. The van der Waals surface area contributed by atoms with Crippen LogP contribution in [0.25, 0.3) is 66.2 Å². The maximum absolute atomic E-state index is 7.55. The van der Waals surface area contributed by atoms with E-state index >= 15 is 0 Å². The van der Waals surface area contributed by atoms with Crippen LogP contribution in [0, 0.1) is 18.8 Å². The Balaban J connectivity index is 0.00000591. The molecule has 0 N–H and O–H groups in total. The van der Waals surface area contributed by atoms with Gasteiger partial charge < -0.3 is 23.7 Å². The summed E-state index contributed by atoms with van der Waals surface area (Å²) in [5.41, 5.74) is 20.3. The third kappa shape index (κ3) is 7.35. The van der Waals surface area contributed by atoms with Gasteiger partial charge in [0.1, 0.15) is 5.82 Å². The quantitative estimate of drug-likeness (QED) is 0.165. The molecule has 0 saturated carbocycles. The number of fused-ring (bicyclic) bond motifs is 15. The average Bonchev–Trinajstić information content (AvgIpc) is 2.33. The number of benzene rings is 8. The van der Waals surface area contributed by atoms with Crippen LogP contribution in [0.1, 0.15) is 128 Å². The maximum Gasteiger partial charge on any atom is 0.135 e. The van der Waals surface area contributed by atoms with E-state index in [2.05, 4.69) is 267 Å². The van der Waals surface area contributed by atoms with E-state index in [4.69, 9.17) is 9.72 Å². The first-order chi connectivity index (χ1) is 37.1. The standard InChI is InChI=1S/C72H66N5O.Pt/c1-68(2,3)43-35-50-51-36-44(69(4,5)6)38-55(71(10,11)12)66(51)72(65(50)54(37-43)70(7,8)9)52-33-32-45(39-61(52)75-42-74(13)59-30-22-26-53(72)67(59)75)78-63-41-60-49(48-25-16-19-29-58(48)77(60)64-31-20-21-34-73-64)40-62(63)76-56-27-17-14-23-46(56)47-24-15-18-28-57(47)76;/h14-38,40,42H,1-13H3;/q-3;. The third-order valence-corrected chi connectivity index (χ3v) is 17.1. The Bertz CT molecular complexity index is 4200. The average molecular weight is 1210 g/mol. The fraction of sp³-hybridized carbons (Fsp3) is 0.250. The normalized spacial score (nSPS) is 14.5. The van der Waals surface area contributed by atoms with E-state index in [9.17, 15) is 0 Å². The minimum atomic E-state index is -0.725. The summed E-state index contributed by atoms with van der Waals surface area (Å²) in [4.78, 5) is 9.57. The van der Waals surface area contributed by atoms with Gasteiger partial charge in [-0.25, -0.2) is 4.98 Å². The van der Waals surface area contributed by atoms with E-state index in [-0.39, 0.29) is 42.7 Å². The number of hydrogen-bond donors (Lipinski definition) is 0. The predicted molar refractivity (Wildman–Crippen MR) is 324 cm³/mol. The molecule has 1 spiro atoms. The molecule has 398 valence electrons. The van der Waals surface area contributed by atoms with Crippen molar-refractivity contribution in [2.45, 2.75) is 110 Å². The van der Waals surface area contributed by atoms with Crippen LogP contribution in [-0.2, 0) is 48.1 Å². The van der Waals surface area contributed by atoms with Crippen LogP contribution in [-0.4, -0.2) is 21.2 Å². The van der Waals surface area contributed by atoms with Crippen LogP contribution in [0.3, 0.4) is 0 Å². The molecule has 8 aromatic carbocycles. The first-order valence-electron chi connectivity index (χ1n) is 27.7. The summed E-state index contributed by atoms with van der Waals surface area (Å²) in [7, 11) is 2.17. The minimum absolute atomic E-state index is 0. The molecule has 0 atom stereocenters. The van der Waals surface area contributed by atoms with E-state index < -0.39 is 5.41 Å². The number of nitrogens with zero attached hydrogens (tertiary/aromatic N) is 5. The minimum Gasteiger partial charge on any atom is -0.507 e. The molecule has 11 aromatic rings. The van der Waals surface area contributed by atoms with Crippen molar-refractivity contribution in [3.8, 4) is 34.1 Å². The fourth-order valence-electron chi connectivity index (χ4n) is 13.4. The third-order valence-electron chi connectivity index (χ3n) is 17.1. The zero-order valence-corrected chi connectivity index (χ0v) is 49.8. The molecule has 0 amide bonds. The summed E-state index contributed by atoms with van der Waals surface area (Å²) < 4.78 is 12.1. The number of para-hydroxylation sites is 4. The number of pyridine rings is 1. The zero-order chi connectivity index (χ0) is 54.2. The Kier molecular flexibility index (Phi) is 11.2. The molecule has 0 unspecified atom stereocenters. The van der Waals surface area contributed by atoms with Crippen LogP contribution in [0.5, 0.6) is 11.5 Å². The Hall–Kier alpha value is -7.40. The zero-order valence-electron chi connectivity index (χ0n) is 47.5. The van der Waals surface area contributed by atoms with Gasteiger partial charge in [0.15, 0.2) is 0 Å². The first kappa shape index (κ1) is 51.1. The van der Waals surface area contributed by atoms with E-state index in [1.54, 1.807) is 0 Å². The Morgan fingerprint density at radius 2 is 1.05 bits per heavy atom. The van der Waals surface area contributed by atoms with Crippen LogP contribution in [0.4, 0.5) is 17.1 Å². The molecular formula is C72H66N5OPt-3. The second kappa shape index (κ2) is 17.3. The van der Waals surface area contributed by atoms with E-state index in [0.717, 1.165) is 55.7 Å². The van der Waals surface area contributed by atoms with Crippen molar-refractivity contribution in [3.05, 3.63) is 221 Å². The van der Waals surface area contributed by atoms with E-state index in [1.165, 1.54) is 72.1 Å². The molecule has 0 saturated heterocycles. The molecule has 14 rings (SSSR count). The first-order valence-corrected chi connectivity index (χ1v) is 27.7. The molecule has 79 heavy (non-hydrogen) atoms. The molecular weight excluding hydrogens is 1150 g/mol. The van der Waals surface area contributed by atoms with Crippen molar-refractivity contribution < 1.29 is 25.8 Å². The van der Waals surface area contributed by atoms with Gasteiger partial charge in [0, 0.05) is 82.9 Å². The van der Waals surface area contributed by atoms with Gasteiger partial charge in [-0.15, -0.1) is 29.8 Å². The van der Waals surface area contributed by atoms with Gasteiger partial charge in [-0.2, -0.15) is 12.7 Å². The molecule has 0 radical (unpaired) electrons. The van der Waals surface area contributed by atoms with Gasteiger partial charge in [-0.3, -0.25) is 0 Å². The number of hydrogen-bond acceptors (Lipinski definition) is 4. The molecule has 5 heterocycles. The van der Waals surface area contributed by atoms with Gasteiger partial charge >= 0.3 is 0 Å². The van der Waals surface area contributed by atoms with Crippen LogP contribution in [0.2, 0.25) is 0 Å². The van der Waals surface area contributed by atoms with Crippen LogP contribution < -0.4 is 14.5 Å². The van der Waals surface area contributed by atoms with Gasteiger partial charge in [-0.05, 0) is 126 Å². The van der Waals surface area contributed by atoms with Crippen LogP contribution in [0.15, 0.2) is 158 Å². The predicted octanol–water partition coefficient (Wildman–Crippen LogP) is 18.2. The van der Waals surface area contributed by atoms with Crippen molar-refractivity contribution >= 4 is 60.7 Å². The van der Waals surface area contributed by atoms with E-state index in [0.29, 0.717) is 11.5 Å². The molecule has 3 aromatic heterocycles. The van der Waals surface area contributed by atoms with Crippen LogP contribution >= 0.6 is 0 Å². The summed E-state index contributed by atoms with van der Waals surface area (Å²) >= 11 is 0. The second-order valence-corrected chi connectivity index (χ2v) is 26.3.